The summed E-state index contributed by atoms with van der Waals surface area (Å²) in [5.41, 5.74) is 1.09. The van der Waals surface area contributed by atoms with Crippen molar-refractivity contribution in [3.63, 3.8) is 0 Å². The zero-order valence-corrected chi connectivity index (χ0v) is 17.7. The number of carbonyl (C=O) groups is 2. The molecule has 0 N–H and O–H groups in total. The van der Waals surface area contributed by atoms with Gasteiger partial charge in [0.1, 0.15) is 12.1 Å². The quantitative estimate of drug-likeness (QED) is 0.549. The van der Waals surface area contributed by atoms with Crippen LogP contribution >= 0.6 is 0 Å². The zero-order chi connectivity index (χ0) is 20.7. The lowest BCUT2D eigenvalue weighted by Crippen LogP contribution is -2.36. The molecule has 7 heteroatoms. The summed E-state index contributed by atoms with van der Waals surface area (Å²) in [6.45, 7) is 9.40. The number of unbranched alkanes of at least 4 members (excludes halogenated alkanes) is 2. The third-order valence-corrected chi connectivity index (χ3v) is 4.73. The van der Waals surface area contributed by atoms with Crippen LogP contribution in [0.5, 0.6) is 5.88 Å². The molecule has 0 bridgehead atoms. The number of pyridine rings is 1. The molecule has 0 saturated heterocycles. The van der Waals surface area contributed by atoms with Crippen molar-refractivity contribution in [2.75, 3.05) is 20.2 Å². The van der Waals surface area contributed by atoms with E-state index < -0.39 is 0 Å². The number of aromatic nitrogens is 3. The molecular formula is C21H32N4O3. The smallest absolute Gasteiger partial charge is 0.242 e. The first-order valence-corrected chi connectivity index (χ1v) is 10.2. The summed E-state index contributed by atoms with van der Waals surface area (Å²) in [6.07, 6.45) is 3.98. The molecule has 0 aliphatic carbocycles. The summed E-state index contributed by atoms with van der Waals surface area (Å²) in [5, 5.41) is 0. The lowest BCUT2D eigenvalue weighted by atomic mass is 10.1. The molecule has 0 spiro atoms. The highest BCUT2D eigenvalue weighted by atomic mass is 16.5. The summed E-state index contributed by atoms with van der Waals surface area (Å²) < 4.78 is 6.87. The molecule has 7 nitrogen and oxygen atoms in total. The Balaban J connectivity index is 2.42. The van der Waals surface area contributed by atoms with Crippen LogP contribution in [0, 0.1) is 5.92 Å². The van der Waals surface area contributed by atoms with E-state index in [9.17, 15) is 9.59 Å². The second-order valence-corrected chi connectivity index (χ2v) is 7.32. The highest BCUT2D eigenvalue weighted by molar-refractivity contribution is 5.97. The molecule has 2 aromatic rings. The average molecular weight is 389 g/mol. The third kappa shape index (κ3) is 5.09. The van der Waals surface area contributed by atoms with E-state index in [2.05, 4.69) is 23.8 Å². The van der Waals surface area contributed by atoms with Gasteiger partial charge in [0.15, 0.2) is 11.5 Å². The minimum atomic E-state index is -0.219. The molecule has 0 atom stereocenters. The van der Waals surface area contributed by atoms with E-state index >= 15 is 0 Å². The summed E-state index contributed by atoms with van der Waals surface area (Å²) in [4.78, 5) is 36.6. The molecule has 1 amide bonds. The predicted molar refractivity (Wildman–Crippen MR) is 110 cm³/mol. The molecule has 0 aromatic carbocycles. The van der Waals surface area contributed by atoms with Gasteiger partial charge >= 0.3 is 0 Å². The lowest BCUT2D eigenvalue weighted by Gasteiger charge is -2.23. The standard InChI is InChI=1S/C21H32N4O3/c1-6-8-12-24(13-9-7-2)18(26)14-25-20-16(10-11-17(23-20)28-5)22-21(25)19(27)15(3)4/h10-11,15H,6-9,12-14H2,1-5H3. The van der Waals surface area contributed by atoms with Crippen LogP contribution in [0.2, 0.25) is 0 Å². The fourth-order valence-corrected chi connectivity index (χ4v) is 2.99. The maximum absolute atomic E-state index is 13.1. The number of fused-ring (bicyclic) bond motifs is 1. The van der Waals surface area contributed by atoms with Crippen LogP contribution in [-0.2, 0) is 11.3 Å². The molecule has 2 aromatic heterocycles. The highest BCUT2D eigenvalue weighted by Gasteiger charge is 2.24. The number of Topliss-reactive ketones (excluding diaryl/α,β-unsaturated/α-hetero) is 1. The van der Waals surface area contributed by atoms with Gasteiger partial charge in [-0.2, -0.15) is 4.98 Å². The second kappa shape index (κ2) is 10.2. The molecular weight excluding hydrogens is 356 g/mol. The number of hydrogen-bond donors (Lipinski definition) is 0. The fraction of sp³-hybridized carbons (Fsp3) is 0.619. The number of amides is 1. The summed E-state index contributed by atoms with van der Waals surface area (Å²) in [5.74, 6) is 0.384. The molecule has 2 heterocycles. The number of ether oxygens (including phenoxy) is 1. The molecule has 2 rings (SSSR count). The van der Waals surface area contributed by atoms with Gasteiger partial charge in [0, 0.05) is 25.1 Å². The highest BCUT2D eigenvalue weighted by Crippen LogP contribution is 2.20. The van der Waals surface area contributed by atoms with E-state index in [4.69, 9.17) is 4.74 Å². The first kappa shape index (κ1) is 21.9. The maximum atomic E-state index is 13.1. The van der Waals surface area contributed by atoms with Crippen LogP contribution in [0.25, 0.3) is 11.2 Å². The van der Waals surface area contributed by atoms with Gasteiger partial charge in [0.25, 0.3) is 0 Å². The van der Waals surface area contributed by atoms with Crippen LogP contribution < -0.4 is 4.74 Å². The normalized spacial score (nSPS) is 11.2. The Labute approximate surface area is 167 Å². The number of methoxy groups -OCH3 is 1. The number of hydrogen-bond acceptors (Lipinski definition) is 5. The Morgan fingerprint density at radius 1 is 1.11 bits per heavy atom. The number of carbonyl (C=O) groups excluding carboxylic acids is 2. The van der Waals surface area contributed by atoms with Crippen LogP contribution in [-0.4, -0.2) is 51.3 Å². The van der Waals surface area contributed by atoms with Gasteiger partial charge in [0.05, 0.1) is 7.11 Å². The summed E-state index contributed by atoms with van der Waals surface area (Å²) in [6, 6.07) is 3.48. The van der Waals surface area contributed by atoms with E-state index in [1.807, 2.05) is 18.7 Å². The van der Waals surface area contributed by atoms with Gasteiger partial charge in [-0.3, -0.25) is 14.2 Å². The van der Waals surface area contributed by atoms with Crippen LogP contribution in [0.3, 0.4) is 0 Å². The Hall–Kier alpha value is -2.44. The van der Waals surface area contributed by atoms with Crippen LogP contribution in [0.4, 0.5) is 0 Å². The van der Waals surface area contributed by atoms with Gasteiger partial charge in [-0.25, -0.2) is 4.98 Å². The maximum Gasteiger partial charge on any atom is 0.242 e. The predicted octanol–water partition coefficient (Wildman–Crippen LogP) is 3.71. The zero-order valence-electron chi connectivity index (χ0n) is 17.7. The van der Waals surface area contributed by atoms with Crippen molar-refractivity contribution < 1.29 is 14.3 Å². The number of ketones is 1. The molecule has 0 saturated carbocycles. The van der Waals surface area contributed by atoms with E-state index in [1.54, 1.807) is 16.7 Å². The SMILES string of the molecule is CCCCN(CCCC)C(=O)Cn1c(C(=O)C(C)C)nc2ccc(OC)nc21. The summed E-state index contributed by atoms with van der Waals surface area (Å²) >= 11 is 0. The molecule has 0 radical (unpaired) electrons. The van der Waals surface area contributed by atoms with E-state index in [-0.39, 0.29) is 30.0 Å². The Morgan fingerprint density at radius 3 is 2.29 bits per heavy atom. The number of nitrogens with zero attached hydrogens (tertiary/aromatic N) is 4. The van der Waals surface area contributed by atoms with Gasteiger partial charge in [-0.1, -0.05) is 40.5 Å². The first-order valence-electron chi connectivity index (χ1n) is 10.2. The molecule has 0 fully saturated rings. The van der Waals surface area contributed by atoms with Gasteiger partial charge < -0.3 is 9.64 Å². The van der Waals surface area contributed by atoms with Crippen LogP contribution in [0.1, 0.15) is 64.0 Å². The van der Waals surface area contributed by atoms with Crippen molar-refractivity contribution in [2.45, 2.75) is 59.9 Å². The molecule has 28 heavy (non-hydrogen) atoms. The van der Waals surface area contributed by atoms with Gasteiger partial charge in [0.2, 0.25) is 17.6 Å². The van der Waals surface area contributed by atoms with Crippen molar-refractivity contribution in [2.24, 2.45) is 5.92 Å². The van der Waals surface area contributed by atoms with Gasteiger partial charge in [-0.15, -0.1) is 0 Å². The lowest BCUT2D eigenvalue weighted by molar-refractivity contribution is -0.132. The number of rotatable bonds is 11. The average Bonchev–Trinajstić information content (AvgIpc) is 3.04. The van der Waals surface area contributed by atoms with Crippen molar-refractivity contribution in [1.29, 1.82) is 0 Å². The van der Waals surface area contributed by atoms with Crippen molar-refractivity contribution in [3.05, 3.63) is 18.0 Å². The topological polar surface area (TPSA) is 77.3 Å². The van der Waals surface area contributed by atoms with Crippen molar-refractivity contribution >= 4 is 22.9 Å². The summed E-state index contributed by atoms with van der Waals surface area (Å²) in [7, 11) is 1.54. The third-order valence-electron chi connectivity index (χ3n) is 4.73. The number of imidazole rings is 1. The second-order valence-electron chi connectivity index (χ2n) is 7.32. The monoisotopic (exact) mass is 388 g/mol. The van der Waals surface area contributed by atoms with E-state index in [1.165, 1.54) is 7.11 Å². The van der Waals surface area contributed by atoms with Crippen LogP contribution in [0.15, 0.2) is 12.1 Å². The molecule has 0 aliphatic rings. The largest absolute Gasteiger partial charge is 0.481 e. The van der Waals surface area contributed by atoms with E-state index in [0.29, 0.717) is 17.0 Å². The van der Waals surface area contributed by atoms with E-state index in [0.717, 1.165) is 38.8 Å². The Bertz CT molecular complexity index is 805. The minimum absolute atomic E-state index is 0.0105. The van der Waals surface area contributed by atoms with Gasteiger partial charge in [-0.05, 0) is 18.9 Å². The molecule has 0 unspecified atom stereocenters. The molecule has 154 valence electrons. The minimum Gasteiger partial charge on any atom is -0.481 e. The Kier molecular flexibility index (Phi) is 7.96. The van der Waals surface area contributed by atoms with Crippen molar-refractivity contribution in [3.8, 4) is 5.88 Å². The first-order chi connectivity index (χ1) is 13.4. The molecule has 0 aliphatic heterocycles. The fourth-order valence-electron chi connectivity index (χ4n) is 2.99. The Morgan fingerprint density at radius 2 is 1.75 bits per heavy atom. The van der Waals surface area contributed by atoms with Crippen molar-refractivity contribution in [1.82, 2.24) is 19.4 Å².